The number of hydrogen-bond donors (Lipinski definition) is 0. The second-order valence-electron chi connectivity index (χ2n) is 4.39. The minimum absolute atomic E-state index is 0.471. The third kappa shape index (κ3) is 3.96. The first kappa shape index (κ1) is 15.8. The van der Waals surface area contributed by atoms with E-state index in [1.54, 1.807) is 17.8 Å². The standard InChI is InChI=1S/C18H18OS2/c1-3-13-20-17-11-7-5-9-15(17)16-10-6-8-12-18(16)21(19)14-4-2/h3-12H,1-2,13-14H2. The zero-order chi connectivity index (χ0) is 15.1. The minimum atomic E-state index is -1.06. The second-order valence-corrected chi connectivity index (χ2v) is 6.92. The summed E-state index contributed by atoms with van der Waals surface area (Å²) in [6, 6.07) is 16.1. The van der Waals surface area contributed by atoms with Gasteiger partial charge in [0.25, 0.3) is 0 Å². The molecule has 21 heavy (non-hydrogen) atoms. The van der Waals surface area contributed by atoms with E-state index in [9.17, 15) is 4.21 Å². The van der Waals surface area contributed by atoms with Gasteiger partial charge in [0.05, 0.1) is 10.8 Å². The highest BCUT2D eigenvalue weighted by atomic mass is 32.2. The molecule has 0 N–H and O–H groups in total. The molecule has 0 amide bonds. The lowest BCUT2D eigenvalue weighted by Crippen LogP contribution is -1.98. The molecule has 1 unspecified atom stereocenters. The van der Waals surface area contributed by atoms with E-state index in [0.717, 1.165) is 21.8 Å². The Kier molecular flexibility index (Phi) is 6.03. The largest absolute Gasteiger partial charge is 0.254 e. The molecule has 0 aromatic heterocycles. The Bertz CT molecular complexity index is 662. The molecular formula is C18H18OS2. The van der Waals surface area contributed by atoms with Crippen molar-refractivity contribution < 1.29 is 4.21 Å². The maximum Gasteiger partial charge on any atom is 0.0574 e. The Morgan fingerprint density at radius 2 is 1.62 bits per heavy atom. The SMILES string of the molecule is C=CCSc1ccccc1-c1ccccc1S(=O)CC=C. The van der Waals surface area contributed by atoms with Gasteiger partial charge in [-0.15, -0.1) is 24.9 Å². The fourth-order valence-electron chi connectivity index (χ4n) is 2.05. The summed E-state index contributed by atoms with van der Waals surface area (Å²) in [7, 11) is -1.06. The summed E-state index contributed by atoms with van der Waals surface area (Å²) in [4.78, 5) is 2.05. The quantitative estimate of drug-likeness (QED) is 0.533. The van der Waals surface area contributed by atoms with Crippen molar-refractivity contribution in [3.63, 3.8) is 0 Å². The van der Waals surface area contributed by atoms with Gasteiger partial charge in [0.2, 0.25) is 0 Å². The van der Waals surface area contributed by atoms with Crippen LogP contribution >= 0.6 is 11.8 Å². The maximum absolute atomic E-state index is 12.4. The maximum atomic E-state index is 12.4. The van der Waals surface area contributed by atoms with Crippen LogP contribution in [-0.2, 0) is 10.8 Å². The fourth-order valence-corrected chi connectivity index (χ4v) is 3.90. The van der Waals surface area contributed by atoms with E-state index in [4.69, 9.17) is 0 Å². The molecule has 108 valence electrons. The first-order chi connectivity index (χ1) is 10.3. The van der Waals surface area contributed by atoms with Gasteiger partial charge in [-0.1, -0.05) is 48.6 Å². The van der Waals surface area contributed by atoms with Crippen LogP contribution in [0.25, 0.3) is 11.1 Å². The lowest BCUT2D eigenvalue weighted by atomic mass is 10.1. The van der Waals surface area contributed by atoms with Crippen molar-refractivity contribution in [3.05, 3.63) is 73.8 Å². The number of benzene rings is 2. The van der Waals surface area contributed by atoms with Crippen molar-refractivity contribution in [1.82, 2.24) is 0 Å². The molecule has 0 bridgehead atoms. The van der Waals surface area contributed by atoms with Crippen molar-refractivity contribution in [1.29, 1.82) is 0 Å². The normalized spacial score (nSPS) is 11.8. The highest BCUT2D eigenvalue weighted by Crippen LogP contribution is 2.34. The number of thioether (sulfide) groups is 1. The van der Waals surface area contributed by atoms with Crippen LogP contribution in [0.3, 0.4) is 0 Å². The van der Waals surface area contributed by atoms with Gasteiger partial charge in [-0.3, -0.25) is 4.21 Å². The van der Waals surface area contributed by atoms with Crippen LogP contribution in [0.5, 0.6) is 0 Å². The van der Waals surface area contributed by atoms with Crippen molar-refractivity contribution >= 4 is 22.6 Å². The van der Waals surface area contributed by atoms with Crippen LogP contribution < -0.4 is 0 Å². The molecule has 2 rings (SSSR count). The molecule has 1 atom stereocenters. The van der Waals surface area contributed by atoms with Gasteiger partial charge in [-0.25, -0.2) is 0 Å². The Balaban J connectivity index is 2.49. The predicted molar refractivity (Wildman–Crippen MR) is 94.3 cm³/mol. The molecule has 3 heteroatoms. The summed E-state index contributed by atoms with van der Waals surface area (Å²) in [6.45, 7) is 7.45. The molecule has 0 heterocycles. The predicted octanol–water partition coefficient (Wildman–Crippen LogP) is 4.93. The van der Waals surface area contributed by atoms with Crippen LogP contribution in [-0.4, -0.2) is 15.7 Å². The van der Waals surface area contributed by atoms with E-state index in [2.05, 4.69) is 25.3 Å². The summed E-state index contributed by atoms with van der Waals surface area (Å²) < 4.78 is 12.4. The fraction of sp³-hybridized carbons (Fsp3) is 0.111. The minimum Gasteiger partial charge on any atom is -0.254 e. The average molecular weight is 314 g/mol. The lowest BCUT2D eigenvalue weighted by molar-refractivity contribution is 0.685. The summed E-state index contributed by atoms with van der Waals surface area (Å²) in [6.07, 6.45) is 3.59. The van der Waals surface area contributed by atoms with Gasteiger partial charge in [-0.05, 0) is 23.3 Å². The molecule has 2 aromatic rings. The van der Waals surface area contributed by atoms with Gasteiger partial charge >= 0.3 is 0 Å². The molecule has 0 saturated carbocycles. The van der Waals surface area contributed by atoms with Gasteiger partial charge in [0.1, 0.15) is 0 Å². The van der Waals surface area contributed by atoms with Crippen LogP contribution in [0.4, 0.5) is 0 Å². The lowest BCUT2D eigenvalue weighted by Gasteiger charge is -2.12. The van der Waals surface area contributed by atoms with Gasteiger partial charge in [0.15, 0.2) is 0 Å². The molecule has 0 aliphatic carbocycles. The second kappa shape index (κ2) is 8.01. The Morgan fingerprint density at radius 3 is 2.33 bits per heavy atom. The summed E-state index contributed by atoms with van der Waals surface area (Å²) in [5.74, 6) is 1.33. The molecule has 0 aliphatic heterocycles. The molecule has 0 aliphatic rings. The smallest absolute Gasteiger partial charge is 0.0574 e. The van der Waals surface area contributed by atoms with Crippen molar-refractivity contribution in [2.24, 2.45) is 0 Å². The van der Waals surface area contributed by atoms with E-state index in [0.29, 0.717) is 5.75 Å². The number of rotatable bonds is 7. The zero-order valence-electron chi connectivity index (χ0n) is 11.8. The summed E-state index contributed by atoms with van der Waals surface area (Å²) >= 11 is 1.74. The van der Waals surface area contributed by atoms with E-state index >= 15 is 0 Å². The highest BCUT2D eigenvalue weighted by Gasteiger charge is 2.12. The van der Waals surface area contributed by atoms with Crippen molar-refractivity contribution in [2.75, 3.05) is 11.5 Å². The molecule has 1 nitrogen and oxygen atoms in total. The molecule has 0 saturated heterocycles. The third-order valence-corrected chi connectivity index (χ3v) is 5.39. The Morgan fingerprint density at radius 1 is 0.952 bits per heavy atom. The Labute approximate surface area is 133 Å². The zero-order valence-corrected chi connectivity index (χ0v) is 13.5. The van der Waals surface area contributed by atoms with E-state index < -0.39 is 10.8 Å². The van der Waals surface area contributed by atoms with Gasteiger partial charge in [0, 0.05) is 21.3 Å². The molecule has 2 aromatic carbocycles. The first-order valence-electron chi connectivity index (χ1n) is 6.69. The van der Waals surface area contributed by atoms with E-state index in [1.165, 1.54) is 4.90 Å². The van der Waals surface area contributed by atoms with Crippen molar-refractivity contribution in [3.8, 4) is 11.1 Å². The van der Waals surface area contributed by atoms with E-state index in [-0.39, 0.29) is 0 Å². The highest BCUT2D eigenvalue weighted by molar-refractivity contribution is 7.99. The van der Waals surface area contributed by atoms with Crippen LogP contribution in [0.15, 0.2) is 83.6 Å². The van der Waals surface area contributed by atoms with Crippen LogP contribution in [0.1, 0.15) is 0 Å². The van der Waals surface area contributed by atoms with E-state index in [1.807, 2.05) is 42.5 Å². The number of hydrogen-bond acceptors (Lipinski definition) is 2. The van der Waals surface area contributed by atoms with Gasteiger partial charge in [-0.2, -0.15) is 0 Å². The summed E-state index contributed by atoms with van der Waals surface area (Å²) in [5, 5.41) is 0. The molecule has 0 radical (unpaired) electrons. The first-order valence-corrected chi connectivity index (χ1v) is 8.99. The average Bonchev–Trinajstić information content (AvgIpc) is 2.53. The Hall–Kier alpha value is -1.58. The third-order valence-electron chi connectivity index (χ3n) is 2.94. The molecule has 0 spiro atoms. The molecular weight excluding hydrogens is 296 g/mol. The monoisotopic (exact) mass is 314 g/mol. The topological polar surface area (TPSA) is 17.1 Å². The summed E-state index contributed by atoms with van der Waals surface area (Å²) in [5.41, 5.74) is 2.15. The van der Waals surface area contributed by atoms with Gasteiger partial charge < -0.3 is 0 Å². The van der Waals surface area contributed by atoms with Crippen LogP contribution in [0, 0.1) is 0 Å². The van der Waals surface area contributed by atoms with Crippen molar-refractivity contribution in [2.45, 2.75) is 9.79 Å². The molecule has 0 fully saturated rings. The van der Waals surface area contributed by atoms with Crippen LogP contribution in [0.2, 0.25) is 0 Å².